The summed E-state index contributed by atoms with van der Waals surface area (Å²) >= 11 is 0. The molecule has 1 N–H and O–H groups in total. The maximum Gasteiger partial charge on any atom is 0.335 e. The van der Waals surface area contributed by atoms with Crippen molar-refractivity contribution in [3.05, 3.63) is 29.3 Å². The van der Waals surface area contributed by atoms with Crippen LogP contribution in [0.5, 0.6) is 0 Å². The van der Waals surface area contributed by atoms with E-state index in [9.17, 15) is 4.79 Å². The fourth-order valence-corrected chi connectivity index (χ4v) is 2.59. The van der Waals surface area contributed by atoms with Gasteiger partial charge < -0.3 is 10.0 Å². The molecule has 1 fully saturated rings. The van der Waals surface area contributed by atoms with E-state index in [-0.39, 0.29) is 0 Å². The Morgan fingerprint density at radius 2 is 1.72 bits per heavy atom. The van der Waals surface area contributed by atoms with Crippen LogP contribution in [-0.2, 0) is 0 Å². The van der Waals surface area contributed by atoms with Gasteiger partial charge in [-0.1, -0.05) is 19.3 Å². The number of anilines is 1. The van der Waals surface area contributed by atoms with E-state index in [0.29, 0.717) is 5.56 Å². The van der Waals surface area contributed by atoms with Crippen LogP contribution < -0.4 is 4.90 Å². The third-order valence-electron chi connectivity index (χ3n) is 3.66. The molecule has 2 rings (SSSR count). The van der Waals surface area contributed by atoms with Crippen molar-refractivity contribution in [2.75, 3.05) is 18.0 Å². The fraction of sp³-hybridized carbons (Fsp3) is 0.533. The van der Waals surface area contributed by atoms with Crippen LogP contribution >= 0.6 is 0 Å². The SMILES string of the molecule is Cc1cc(N2CCCCCCC2)ccc1C(=O)O. The Morgan fingerprint density at radius 3 is 2.28 bits per heavy atom. The first kappa shape index (κ1) is 12.9. The average Bonchev–Trinajstić information content (AvgIpc) is 2.27. The van der Waals surface area contributed by atoms with E-state index in [0.717, 1.165) is 18.7 Å². The van der Waals surface area contributed by atoms with Crippen molar-refractivity contribution in [1.29, 1.82) is 0 Å². The first-order valence-electron chi connectivity index (χ1n) is 6.77. The maximum absolute atomic E-state index is 11.0. The van der Waals surface area contributed by atoms with Crippen LogP contribution in [0.4, 0.5) is 5.69 Å². The van der Waals surface area contributed by atoms with Crippen molar-refractivity contribution < 1.29 is 9.90 Å². The highest BCUT2D eigenvalue weighted by atomic mass is 16.4. The standard InChI is InChI=1S/C15H21NO2/c1-12-11-13(7-8-14(12)15(17)18)16-9-5-3-2-4-6-10-16/h7-8,11H,2-6,9-10H2,1H3,(H,17,18). The minimum absolute atomic E-state index is 0.408. The molecular weight excluding hydrogens is 226 g/mol. The number of aromatic carboxylic acids is 1. The molecule has 18 heavy (non-hydrogen) atoms. The predicted octanol–water partition coefficient (Wildman–Crippen LogP) is 3.46. The number of hydrogen-bond acceptors (Lipinski definition) is 2. The zero-order chi connectivity index (χ0) is 13.0. The summed E-state index contributed by atoms with van der Waals surface area (Å²) in [5.41, 5.74) is 2.42. The third-order valence-corrected chi connectivity index (χ3v) is 3.66. The zero-order valence-corrected chi connectivity index (χ0v) is 11.0. The highest BCUT2D eigenvalue weighted by molar-refractivity contribution is 5.89. The van der Waals surface area contributed by atoms with E-state index in [1.165, 1.54) is 37.8 Å². The van der Waals surface area contributed by atoms with Crippen LogP contribution in [-0.4, -0.2) is 24.2 Å². The van der Waals surface area contributed by atoms with Crippen LogP contribution in [0.2, 0.25) is 0 Å². The lowest BCUT2D eigenvalue weighted by atomic mass is 10.1. The Hall–Kier alpha value is -1.51. The number of nitrogens with zero attached hydrogens (tertiary/aromatic N) is 1. The summed E-state index contributed by atoms with van der Waals surface area (Å²) in [6, 6.07) is 5.68. The monoisotopic (exact) mass is 247 g/mol. The van der Waals surface area contributed by atoms with Gasteiger partial charge in [-0.25, -0.2) is 4.79 Å². The first-order chi connectivity index (χ1) is 8.68. The van der Waals surface area contributed by atoms with E-state index in [2.05, 4.69) is 4.90 Å². The van der Waals surface area contributed by atoms with E-state index < -0.39 is 5.97 Å². The quantitative estimate of drug-likeness (QED) is 0.870. The lowest BCUT2D eigenvalue weighted by molar-refractivity contribution is 0.0696. The van der Waals surface area contributed by atoms with Crippen molar-refractivity contribution >= 4 is 11.7 Å². The largest absolute Gasteiger partial charge is 0.478 e. The van der Waals surface area contributed by atoms with Crippen LogP contribution in [0.1, 0.15) is 48.0 Å². The normalized spacial score (nSPS) is 17.1. The summed E-state index contributed by atoms with van der Waals surface area (Å²) in [6.07, 6.45) is 6.44. The van der Waals surface area contributed by atoms with E-state index in [4.69, 9.17) is 5.11 Å². The second-order valence-electron chi connectivity index (χ2n) is 5.06. The molecule has 0 aromatic heterocycles. The lowest BCUT2D eigenvalue weighted by Crippen LogP contribution is -2.27. The van der Waals surface area contributed by atoms with E-state index in [1.54, 1.807) is 6.07 Å². The Labute approximate surface area is 108 Å². The Kier molecular flexibility index (Phi) is 4.24. The van der Waals surface area contributed by atoms with Crippen LogP contribution in [0.25, 0.3) is 0 Å². The average molecular weight is 247 g/mol. The van der Waals surface area contributed by atoms with Gasteiger partial charge in [0.15, 0.2) is 0 Å². The summed E-state index contributed by atoms with van der Waals surface area (Å²) in [5, 5.41) is 9.04. The molecule has 1 heterocycles. The molecule has 3 heteroatoms. The number of carboxylic acids is 1. The molecule has 0 saturated carbocycles. The molecule has 1 aromatic rings. The summed E-state index contributed by atoms with van der Waals surface area (Å²) in [4.78, 5) is 13.4. The number of carbonyl (C=O) groups is 1. The molecule has 1 aliphatic rings. The molecule has 98 valence electrons. The number of carboxylic acid groups (broad SMARTS) is 1. The molecule has 1 aromatic carbocycles. The number of hydrogen-bond donors (Lipinski definition) is 1. The smallest absolute Gasteiger partial charge is 0.335 e. The van der Waals surface area contributed by atoms with Crippen molar-refractivity contribution in [3.63, 3.8) is 0 Å². The predicted molar refractivity (Wildman–Crippen MR) is 73.4 cm³/mol. The van der Waals surface area contributed by atoms with Gasteiger partial charge in [0.2, 0.25) is 0 Å². The van der Waals surface area contributed by atoms with Gasteiger partial charge in [0, 0.05) is 18.8 Å². The topological polar surface area (TPSA) is 40.5 Å². The molecule has 0 amide bonds. The number of rotatable bonds is 2. The lowest BCUT2D eigenvalue weighted by Gasteiger charge is -2.27. The minimum Gasteiger partial charge on any atom is -0.478 e. The van der Waals surface area contributed by atoms with E-state index >= 15 is 0 Å². The highest BCUT2D eigenvalue weighted by Crippen LogP contribution is 2.22. The summed E-state index contributed by atoms with van der Waals surface area (Å²) in [7, 11) is 0. The molecule has 0 atom stereocenters. The van der Waals surface area contributed by atoms with Gasteiger partial charge in [-0.05, 0) is 43.5 Å². The second kappa shape index (κ2) is 5.89. The molecule has 0 radical (unpaired) electrons. The van der Waals surface area contributed by atoms with Gasteiger partial charge in [0.05, 0.1) is 5.56 Å². The van der Waals surface area contributed by atoms with Crippen LogP contribution in [0.15, 0.2) is 18.2 Å². The highest BCUT2D eigenvalue weighted by Gasteiger charge is 2.12. The molecule has 1 saturated heterocycles. The van der Waals surface area contributed by atoms with Gasteiger partial charge in [0.1, 0.15) is 0 Å². The van der Waals surface area contributed by atoms with Crippen molar-refractivity contribution in [1.82, 2.24) is 0 Å². The van der Waals surface area contributed by atoms with Crippen LogP contribution in [0, 0.1) is 6.92 Å². The van der Waals surface area contributed by atoms with Gasteiger partial charge in [-0.2, -0.15) is 0 Å². The van der Waals surface area contributed by atoms with E-state index in [1.807, 2.05) is 19.1 Å². The zero-order valence-electron chi connectivity index (χ0n) is 11.0. The molecule has 3 nitrogen and oxygen atoms in total. The van der Waals surface area contributed by atoms with Gasteiger partial charge in [-0.15, -0.1) is 0 Å². The third kappa shape index (κ3) is 3.03. The number of benzene rings is 1. The molecule has 0 spiro atoms. The first-order valence-corrected chi connectivity index (χ1v) is 6.77. The second-order valence-corrected chi connectivity index (χ2v) is 5.06. The summed E-state index contributed by atoms with van der Waals surface area (Å²) in [5.74, 6) is -0.841. The Bertz CT molecular complexity index is 421. The molecule has 0 aliphatic carbocycles. The van der Waals surface area contributed by atoms with Gasteiger partial charge in [-0.3, -0.25) is 0 Å². The minimum atomic E-state index is -0.841. The summed E-state index contributed by atoms with van der Waals surface area (Å²) in [6.45, 7) is 4.05. The fourth-order valence-electron chi connectivity index (χ4n) is 2.59. The van der Waals surface area contributed by atoms with Crippen molar-refractivity contribution in [2.24, 2.45) is 0 Å². The van der Waals surface area contributed by atoms with Gasteiger partial charge in [0.25, 0.3) is 0 Å². The molecule has 0 bridgehead atoms. The summed E-state index contributed by atoms with van der Waals surface area (Å²) < 4.78 is 0. The van der Waals surface area contributed by atoms with Crippen LogP contribution in [0.3, 0.4) is 0 Å². The Balaban J connectivity index is 2.16. The number of aryl methyl sites for hydroxylation is 1. The molecular formula is C15H21NO2. The van der Waals surface area contributed by atoms with Crippen molar-refractivity contribution in [3.8, 4) is 0 Å². The molecule has 0 unspecified atom stereocenters. The van der Waals surface area contributed by atoms with Gasteiger partial charge >= 0.3 is 5.97 Å². The molecule has 1 aliphatic heterocycles. The maximum atomic E-state index is 11.0. The Morgan fingerprint density at radius 1 is 1.11 bits per heavy atom. The van der Waals surface area contributed by atoms with Crippen molar-refractivity contribution in [2.45, 2.75) is 39.0 Å².